The lowest BCUT2D eigenvalue weighted by atomic mass is 10.0. The fourth-order valence-electron chi connectivity index (χ4n) is 2.03. The zero-order valence-electron chi connectivity index (χ0n) is 10.7. The van der Waals surface area contributed by atoms with Crippen molar-refractivity contribution < 1.29 is 0 Å². The van der Waals surface area contributed by atoms with Gasteiger partial charge in [-0.25, -0.2) is 0 Å². The quantitative estimate of drug-likeness (QED) is 0.760. The molecule has 0 aliphatic rings. The van der Waals surface area contributed by atoms with Crippen molar-refractivity contribution in [3.63, 3.8) is 0 Å². The molecule has 2 atom stereocenters. The Morgan fingerprint density at radius 3 is 2.50 bits per heavy atom. The average Bonchev–Trinajstić information content (AvgIpc) is 2.31. The van der Waals surface area contributed by atoms with Crippen LogP contribution in [0.5, 0.6) is 0 Å². The number of hydrogen-bond acceptors (Lipinski definition) is 2. The maximum Gasteiger partial charge on any atom is 0.0318 e. The van der Waals surface area contributed by atoms with Gasteiger partial charge in [-0.3, -0.25) is 4.98 Å². The second kappa shape index (κ2) is 7.39. The number of rotatable bonds is 7. The Morgan fingerprint density at radius 1 is 1.25 bits per heavy atom. The van der Waals surface area contributed by atoms with Crippen LogP contribution in [0.25, 0.3) is 0 Å². The van der Waals surface area contributed by atoms with E-state index in [-0.39, 0.29) is 0 Å². The molecule has 0 radical (unpaired) electrons. The van der Waals surface area contributed by atoms with E-state index in [9.17, 15) is 0 Å². The monoisotopic (exact) mass is 220 g/mol. The summed E-state index contributed by atoms with van der Waals surface area (Å²) in [6, 6.07) is 4.68. The predicted octanol–water partition coefficient (Wildman–Crippen LogP) is 3.56. The lowest BCUT2D eigenvalue weighted by Gasteiger charge is -2.20. The molecular formula is C14H24N2. The molecule has 2 unspecified atom stereocenters. The molecule has 1 aromatic heterocycles. The van der Waals surface area contributed by atoms with Crippen LogP contribution in [0.1, 0.15) is 51.6 Å². The highest BCUT2D eigenvalue weighted by molar-refractivity contribution is 5.14. The minimum atomic E-state index is 0.474. The molecule has 0 saturated carbocycles. The maximum atomic E-state index is 4.06. The van der Waals surface area contributed by atoms with Gasteiger partial charge in [-0.2, -0.15) is 0 Å². The summed E-state index contributed by atoms with van der Waals surface area (Å²) in [4.78, 5) is 4.06. The minimum Gasteiger partial charge on any atom is -0.310 e. The van der Waals surface area contributed by atoms with E-state index < -0.39 is 0 Å². The normalized spacial score (nSPS) is 14.7. The number of pyridine rings is 1. The number of nitrogens with one attached hydrogen (secondary N) is 1. The highest BCUT2D eigenvalue weighted by Gasteiger charge is 2.09. The van der Waals surface area contributed by atoms with Crippen molar-refractivity contribution >= 4 is 0 Å². The molecule has 0 aliphatic heterocycles. The van der Waals surface area contributed by atoms with E-state index in [0.717, 1.165) is 18.9 Å². The zero-order chi connectivity index (χ0) is 11.8. The first-order chi connectivity index (χ1) is 7.77. The van der Waals surface area contributed by atoms with Crippen molar-refractivity contribution in [1.82, 2.24) is 10.3 Å². The van der Waals surface area contributed by atoms with Crippen molar-refractivity contribution in [2.75, 3.05) is 6.54 Å². The van der Waals surface area contributed by atoms with Gasteiger partial charge in [0.2, 0.25) is 0 Å². The molecule has 0 spiro atoms. The van der Waals surface area contributed by atoms with Gasteiger partial charge in [0.25, 0.3) is 0 Å². The molecule has 0 aromatic carbocycles. The van der Waals surface area contributed by atoms with Crippen LogP contribution in [-0.4, -0.2) is 11.5 Å². The van der Waals surface area contributed by atoms with Crippen molar-refractivity contribution in [3.05, 3.63) is 30.1 Å². The fourth-order valence-corrected chi connectivity index (χ4v) is 2.03. The summed E-state index contributed by atoms with van der Waals surface area (Å²) in [5.41, 5.74) is 1.35. The Bertz CT molecular complexity index is 271. The summed E-state index contributed by atoms with van der Waals surface area (Å²) < 4.78 is 0. The summed E-state index contributed by atoms with van der Waals surface area (Å²) in [6.45, 7) is 7.89. The van der Waals surface area contributed by atoms with Crippen molar-refractivity contribution in [1.29, 1.82) is 0 Å². The van der Waals surface area contributed by atoms with Gasteiger partial charge < -0.3 is 5.32 Å². The average molecular weight is 220 g/mol. The van der Waals surface area contributed by atoms with Gasteiger partial charge in [0, 0.05) is 18.4 Å². The van der Waals surface area contributed by atoms with Crippen LogP contribution in [0.2, 0.25) is 0 Å². The van der Waals surface area contributed by atoms with Crippen LogP contribution in [0.3, 0.4) is 0 Å². The molecule has 0 bridgehead atoms. The van der Waals surface area contributed by atoms with Gasteiger partial charge in [0.05, 0.1) is 0 Å². The third-order valence-electron chi connectivity index (χ3n) is 3.01. The summed E-state index contributed by atoms with van der Waals surface area (Å²) in [6.07, 6.45) is 7.45. The third-order valence-corrected chi connectivity index (χ3v) is 3.01. The van der Waals surface area contributed by atoms with E-state index in [4.69, 9.17) is 0 Å². The molecule has 0 fully saturated rings. The van der Waals surface area contributed by atoms with Crippen molar-refractivity contribution in [3.8, 4) is 0 Å². The van der Waals surface area contributed by atoms with Gasteiger partial charge in [-0.15, -0.1) is 0 Å². The van der Waals surface area contributed by atoms with E-state index in [1.54, 1.807) is 0 Å². The molecule has 0 aliphatic carbocycles. The first kappa shape index (κ1) is 13.2. The smallest absolute Gasteiger partial charge is 0.0318 e. The summed E-state index contributed by atoms with van der Waals surface area (Å²) in [5, 5.41) is 3.64. The van der Waals surface area contributed by atoms with Crippen molar-refractivity contribution in [2.45, 2.75) is 46.1 Å². The first-order valence-electron chi connectivity index (χ1n) is 6.41. The highest BCUT2D eigenvalue weighted by Crippen LogP contribution is 2.16. The SMILES string of the molecule is CCCC(C)CNC(CC)c1ccncc1. The van der Waals surface area contributed by atoms with Crippen LogP contribution in [0.15, 0.2) is 24.5 Å². The molecule has 0 saturated heterocycles. The Morgan fingerprint density at radius 2 is 1.94 bits per heavy atom. The van der Waals surface area contributed by atoms with Gasteiger partial charge in [-0.1, -0.05) is 27.2 Å². The highest BCUT2D eigenvalue weighted by atomic mass is 14.9. The lowest BCUT2D eigenvalue weighted by molar-refractivity contribution is 0.424. The predicted molar refractivity (Wildman–Crippen MR) is 69.3 cm³/mol. The van der Waals surface area contributed by atoms with Crippen LogP contribution in [0.4, 0.5) is 0 Å². The second-order valence-corrected chi connectivity index (χ2v) is 4.54. The molecule has 1 heterocycles. The standard InChI is InChI=1S/C14H24N2/c1-4-6-12(3)11-16-14(5-2)13-7-9-15-10-8-13/h7-10,12,14,16H,4-6,11H2,1-3H3. The van der Waals surface area contributed by atoms with E-state index in [2.05, 4.69) is 43.2 Å². The summed E-state index contributed by atoms with van der Waals surface area (Å²) in [5.74, 6) is 0.765. The lowest BCUT2D eigenvalue weighted by Crippen LogP contribution is -2.26. The third kappa shape index (κ3) is 4.31. The van der Waals surface area contributed by atoms with Crippen LogP contribution in [0, 0.1) is 5.92 Å². The summed E-state index contributed by atoms with van der Waals surface area (Å²) in [7, 11) is 0. The molecule has 0 amide bonds. The first-order valence-corrected chi connectivity index (χ1v) is 6.41. The number of nitrogens with zero attached hydrogens (tertiary/aromatic N) is 1. The Labute approximate surface area is 99.5 Å². The largest absolute Gasteiger partial charge is 0.310 e. The van der Waals surface area contributed by atoms with E-state index in [0.29, 0.717) is 6.04 Å². The van der Waals surface area contributed by atoms with Crippen molar-refractivity contribution in [2.24, 2.45) is 5.92 Å². The molecular weight excluding hydrogens is 196 g/mol. The molecule has 2 heteroatoms. The molecule has 90 valence electrons. The second-order valence-electron chi connectivity index (χ2n) is 4.54. The molecule has 1 aromatic rings. The van der Waals surface area contributed by atoms with Crippen LogP contribution < -0.4 is 5.32 Å². The van der Waals surface area contributed by atoms with Gasteiger partial charge in [-0.05, 0) is 43.0 Å². The van der Waals surface area contributed by atoms with Crippen LogP contribution in [-0.2, 0) is 0 Å². The Balaban J connectivity index is 2.44. The van der Waals surface area contributed by atoms with Gasteiger partial charge in [0.1, 0.15) is 0 Å². The maximum absolute atomic E-state index is 4.06. The fraction of sp³-hybridized carbons (Fsp3) is 0.643. The summed E-state index contributed by atoms with van der Waals surface area (Å²) >= 11 is 0. The van der Waals surface area contributed by atoms with Gasteiger partial charge >= 0.3 is 0 Å². The topological polar surface area (TPSA) is 24.9 Å². The number of hydrogen-bond donors (Lipinski definition) is 1. The molecule has 1 rings (SSSR count). The molecule has 2 nitrogen and oxygen atoms in total. The molecule has 16 heavy (non-hydrogen) atoms. The van der Waals surface area contributed by atoms with E-state index in [1.807, 2.05) is 12.4 Å². The van der Waals surface area contributed by atoms with Gasteiger partial charge in [0.15, 0.2) is 0 Å². The Hall–Kier alpha value is -0.890. The number of aromatic nitrogens is 1. The minimum absolute atomic E-state index is 0.474. The molecule has 1 N–H and O–H groups in total. The Kier molecular flexibility index (Phi) is 6.09. The van der Waals surface area contributed by atoms with E-state index >= 15 is 0 Å². The zero-order valence-corrected chi connectivity index (χ0v) is 10.7. The van der Waals surface area contributed by atoms with Crippen LogP contribution >= 0.6 is 0 Å². The van der Waals surface area contributed by atoms with E-state index in [1.165, 1.54) is 18.4 Å².